The second-order valence-electron chi connectivity index (χ2n) is 7.36. The van der Waals surface area contributed by atoms with E-state index in [2.05, 4.69) is 34.8 Å². The highest BCUT2D eigenvalue weighted by atomic mass is 32.1. The number of anilines is 3. The maximum absolute atomic E-state index is 12.4. The van der Waals surface area contributed by atoms with Gasteiger partial charge in [-0.3, -0.25) is 14.4 Å². The molecule has 160 valence electrons. The van der Waals surface area contributed by atoms with Gasteiger partial charge in [-0.1, -0.05) is 26.0 Å². The average Bonchev–Trinajstić information content (AvgIpc) is 3.18. The third-order valence-electron chi connectivity index (χ3n) is 4.38. The fourth-order valence-electron chi connectivity index (χ4n) is 2.78. The molecule has 31 heavy (non-hydrogen) atoms. The van der Waals surface area contributed by atoms with Crippen LogP contribution in [0.2, 0.25) is 0 Å². The first kappa shape index (κ1) is 22.2. The van der Waals surface area contributed by atoms with Gasteiger partial charge in [-0.15, -0.1) is 11.3 Å². The zero-order valence-corrected chi connectivity index (χ0v) is 18.4. The first-order valence-electron chi connectivity index (χ1n) is 9.83. The van der Waals surface area contributed by atoms with Crippen LogP contribution in [0, 0.1) is 0 Å². The molecule has 3 N–H and O–H groups in total. The lowest BCUT2D eigenvalue weighted by atomic mass is 10.1. The largest absolute Gasteiger partial charge is 0.326 e. The summed E-state index contributed by atoms with van der Waals surface area (Å²) in [6, 6.07) is 13.7. The molecular formula is C23H24N4O3S. The average molecular weight is 437 g/mol. The second-order valence-corrected chi connectivity index (χ2v) is 8.42. The van der Waals surface area contributed by atoms with Crippen molar-refractivity contribution >= 4 is 45.6 Å². The van der Waals surface area contributed by atoms with Crippen LogP contribution in [0.15, 0.2) is 54.7 Å². The molecule has 0 fully saturated rings. The van der Waals surface area contributed by atoms with Crippen LogP contribution in [0.5, 0.6) is 0 Å². The van der Waals surface area contributed by atoms with Crippen molar-refractivity contribution in [2.45, 2.75) is 33.1 Å². The Bertz CT molecular complexity index is 1070. The number of benzene rings is 2. The summed E-state index contributed by atoms with van der Waals surface area (Å²) in [6.45, 7) is 5.59. The van der Waals surface area contributed by atoms with Crippen LogP contribution in [0.1, 0.15) is 47.5 Å². The van der Waals surface area contributed by atoms with Gasteiger partial charge in [0.05, 0.1) is 6.42 Å². The van der Waals surface area contributed by atoms with E-state index in [0.717, 1.165) is 10.4 Å². The van der Waals surface area contributed by atoms with Crippen molar-refractivity contribution < 1.29 is 14.4 Å². The summed E-state index contributed by atoms with van der Waals surface area (Å²) < 4.78 is 0. The number of amides is 3. The fraction of sp³-hybridized carbons (Fsp3) is 0.217. The Labute approximate surface area is 184 Å². The number of hydrogen-bond acceptors (Lipinski definition) is 5. The van der Waals surface area contributed by atoms with Crippen LogP contribution in [-0.2, 0) is 16.0 Å². The fourth-order valence-corrected chi connectivity index (χ4v) is 3.61. The van der Waals surface area contributed by atoms with Gasteiger partial charge in [-0.2, -0.15) is 0 Å². The van der Waals surface area contributed by atoms with Gasteiger partial charge in [0.25, 0.3) is 5.91 Å². The van der Waals surface area contributed by atoms with Gasteiger partial charge >= 0.3 is 0 Å². The molecule has 0 aliphatic carbocycles. The molecule has 7 nitrogen and oxygen atoms in total. The van der Waals surface area contributed by atoms with Crippen molar-refractivity contribution in [2.75, 3.05) is 16.0 Å². The number of carbonyl (C=O) groups is 3. The molecule has 3 rings (SSSR count). The van der Waals surface area contributed by atoms with E-state index >= 15 is 0 Å². The maximum atomic E-state index is 12.4. The summed E-state index contributed by atoms with van der Waals surface area (Å²) in [5.41, 5.74) is 2.56. The molecule has 0 radical (unpaired) electrons. The van der Waals surface area contributed by atoms with E-state index in [4.69, 9.17) is 0 Å². The van der Waals surface area contributed by atoms with E-state index in [1.165, 1.54) is 18.3 Å². The Morgan fingerprint density at radius 1 is 0.903 bits per heavy atom. The predicted octanol–water partition coefficient (Wildman–Crippen LogP) is 4.66. The van der Waals surface area contributed by atoms with Gasteiger partial charge in [-0.05, 0) is 47.9 Å². The van der Waals surface area contributed by atoms with Gasteiger partial charge < -0.3 is 16.0 Å². The Hall–Kier alpha value is -3.52. The Balaban J connectivity index is 1.53. The first-order valence-corrected chi connectivity index (χ1v) is 10.7. The van der Waals surface area contributed by atoms with Crippen LogP contribution in [0.25, 0.3) is 0 Å². The van der Waals surface area contributed by atoms with E-state index < -0.39 is 0 Å². The molecule has 3 amide bonds. The third-order valence-corrected chi connectivity index (χ3v) is 5.60. The van der Waals surface area contributed by atoms with Crippen LogP contribution in [0.4, 0.5) is 16.5 Å². The number of hydrogen-bond donors (Lipinski definition) is 3. The lowest BCUT2D eigenvalue weighted by Crippen LogP contribution is -2.14. The van der Waals surface area contributed by atoms with Crippen LogP contribution in [-0.4, -0.2) is 22.7 Å². The standard InChI is InChI=1S/C23H24N4O3S/c1-14(2)20-13-24-23(31-20)27-21(29)12-16-4-8-19(9-5-16)26-22(30)17-6-10-18(11-7-17)25-15(3)28/h4-11,13-14H,12H2,1-3H3,(H,25,28)(H,26,30)(H,24,27,29). The minimum atomic E-state index is -0.260. The molecule has 3 aromatic rings. The molecule has 1 heterocycles. The van der Waals surface area contributed by atoms with Crippen molar-refractivity contribution in [2.24, 2.45) is 0 Å². The normalized spacial score (nSPS) is 10.6. The summed E-state index contributed by atoms with van der Waals surface area (Å²) in [7, 11) is 0. The topological polar surface area (TPSA) is 100 Å². The molecule has 0 aliphatic heterocycles. The molecule has 1 aromatic heterocycles. The minimum absolute atomic E-state index is 0.138. The molecule has 0 spiro atoms. The van der Waals surface area contributed by atoms with Crippen LogP contribution in [0.3, 0.4) is 0 Å². The van der Waals surface area contributed by atoms with Gasteiger partial charge in [0.2, 0.25) is 11.8 Å². The summed E-state index contributed by atoms with van der Waals surface area (Å²) in [4.78, 5) is 41.1. The molecule has 0 saturated heterocycles. The van der Waals surface area contributed by atoms with E-state index in [0.29, 0.717) is 28.0 Å². The highest BCUT2D eigenvalue weighted by molar-refractivity contribution is 7.15. The van der Waals surface area contributed by atoms with Gasteiger partial charge in [0, 0.05) is 34.9 Å². The number of carbonyl (C=O) groups excluding carboxylic acids is 3. The van der Waals surface area contributed by atoms with Crippen molar-refractivity contribution in [1.82, 2.24) is 4.98 Å². The van der Waals surface area contributed by atoms with Crippen molar-refractivity contribution in [3.05, 3.63) is 70.7 Å². The zero-order valence-electron chi connectivity index (χ0n) is 17.6. The lowest BCUT2D eigenvalue weighted by Gasteiger charge is -2.08. The number of nitrogens with zero attached hydrogens (tertiary/aromatic N) is 1. The monoisotopic (exact) mass is 436 g/mol. The third kappa shape index (κ3) is 6.48. The van der Waals surface area contributed by atoms with E-state index in [1.54, 1.807) is 54.7 Å². The van der Waals surface area contributed by atoms with E-state index in [1.807, 2.05) is 0 Å². The molecule has 0 aliphatic rings. The predicted molar refractivity (Wildman–Crippen MR) is 124 cm³/mol. The summed E-state index contributed by atoms with van der Waals surface area (Å²) in [6.07, 6.45) is 2.01. The maximum Gasteiger partial charge on any atom is 0.255 e. The van der Waals surface area contributed by atoms with Gasteiger partial charge in [0.1, 0.15) is 0 Å². The number of thiazole rings is 1. The molecule has 0 saturated carbocycles. The second kappa shape index (κ2) is 9.99. The van der Waals surface area contributed by atoms with Crippen LogP contribution >= 0.6 is 11.3 Å². The molecule has 0 atom stereocenters. The van der Waals surface area contributed by atoms with Crippen molar-refractivity contribution in [1.29, 1.82) is 0 Å². The van der Waals surface area contributed by atoms with E-state index in [-0.39, 0.29) is 24.1 Å². The molecule has 0 unspecified atom stereocenters. The molecule has 0 bridgehead atoms. The molecular weight excluding hydrogens is 412 g/mol. The highest BCUT2D eigenvalue weighted by Gasteiger charge is 2.10. The van der Waals surface area contributed by atoms with E-state index in [9.17, 15) is 14.4 Å². The van der Waals surface area contributed by atoms with Crippen molar-refractivity contribution in [3.8, 4) is 0 Å². The van der Waals surface area contributed by atoms with Crippen LogP contribution < -0.4 is 16.0 Å². The molecule has 2 aromatic carbocycles. The minimum Gasteiger partial charge on any atom is -0.326 e. The zero-order chi connectivity index (χ0) is 22.4. The first-order chi connectivity index (χ1) is 14.8. The Morgan fingerprint density at radius 3 is 2.10 bits per heavy atom. The van der Waals surface area contributed by atoms with Gasteiger partial charge in [-0.25, -0.2) is 4.98 Å². The van der Waals surface area contributed by atoms with Crippen molar-refractivity contribution in [3.63, 3.8) is 0 Å². The Morgan fingerprint density at radius 2 is 1.52 bits per heavy atom. The number of rotatable bonds is 7. The lowest BCUT2D eigenvalue weighted by molar-refractivity contribution is -0.116. The van der Waals surface area contributed by atoms with Gasteiger partial charge in [0.15, 0.2) is 5.13 Å². The SMILES string of the molecule is CC(=O)Nc1ccc(C(=O)Nc2ccc(CC(=O)Nc3ncc(C(C)C)s3)cc2)cc1. The molecule has 8 heteroatoms. The Kier molecular flexibility index (Phi) is 7.15. The summed E-state index contributed by atoms with van der Waals surface area (Å²) >= 11 is 1.48. The smallest absolute Gasteiger partial charge is 0.255 e. The number of nitrogens with one attached hydrogen (secondary N) is 3. The summed E-state index contributed by atoms with van der Waals surface area (Å²) in [5.74, 6) is -0.190. The highest BCUT2D eigenvalue weighted by Crippen LogP contribution is 2.25. The number of aromatic nitrogens is 1. The quantitative estimate of drug-likeness (QED) is 0.501. The summed E-state index contributed by atoms with van der Waals surface area (Å²) in [5, 5.41) is 8.90.